The third-order valence-corrected chi connectivity index (χ3v) is 3.80. The lowest BCUT2D eigenvalue weighted by molar-refractivity contribution is 0.0600. The van der Waals surface area contributed by atoms with E-state index in [9.17, 15) is 4.79 Å². The van der Waals surface area contributed by atoms with E-state index < -0.39 is 0 Å². The first-order chi connectivity index (χ1) is 11.2. The number of hydrogen-bond acceptors (Lipinski definition) is 4. The number of aryl methyl sites for hydroxylation is 1. The number of carbonyl (C=O) groups excluding carboxylic acids is 1. The van der Waals surface area contributed by atoms with E-state index in [4.69, 9.17) is 4.74 Å². The standard InChI is InChI=1S/C19H18N2O2/c1-3-16-6-5-14-10-13(4-7-18(14)21-16)11-17-12-15(8-9-20-17)19(22)23-2/h4-10,12H,3,11H2,1-2H3. The number of fused-ring (bicyclic) bond motifs is 1. The van der Waals surface area contributed by atoms with Gasteiger partial charge in [-0.25, -0.2) is 4.79 Å². The van der Waals surface area contributed by atoms with E-state index in [0.29, 0.717) is 12.0 Å². The SMILES string of the molecule is CCc1ccc2cc(Cc3cc(C(=O)OC)ccn3)ccc2n1. The number of ether oxygens (including phenoxy) is 1. The van der Waals surface area contributed by atoms with E-state index >= 15 is 0 Å². The molecular weight excluding hydrogens is 288 g/mol. The molecule has 0 aliphatic carbocycles. The Morgan fingerprint density at radius 2 is 1.96 bits per heavy atom. The molecule has 2 aromatic heterocycles. The Morgan fingerprint density at radius 1 is 1.09 bits per heavy atom. The fourth-order valence-electron chi connectivity index (χ4n) is 2.55. The molecule has 1 aromatic carbocycles. The van der Waals surface area contributed by atoms with Gasteiger partial charge in [0.05, 0.1) is 18.2 Å². The van der Waals surface area contributed by atoms with Gasteiger partial charge in [-0.15, -0.1) is 0 Å². The van der Waals surface area contributed by atoms with Gasteiger partial charge in [-0.1, -0.05) is 19.1 Å². The Hall–Kier alpha value is -2.75. The van der Waals surface area contributed by atoms with Crippen LogP contribution in [0.2, 0.25) is 0 Å². The molecule has 0 aliphatic heterocycles. The zero-order valence-corrected chi connectivity index (χ0v) is 13.2. The van der Waals surface area contributed by atoms with E-state index in [0.717, 1.165) is 34.3 Å². The Bertz CT molecular complexity index is 859. The highest BCUT2D eigenvalue weighted by atomic mass is 16.5. The van der Waals surface area contributed by atoms with Crippen molar-refractivity contribution in [3.8, 4) is 0 Å². The molecule has 0 fully saturated rings. The molecule has 3 aromatic rings. The summed E-state index contributed by atoms with van der Waals surface area (Å²) < 4.78 is 4.75. The normalized spacial score (nSPS) is 10.7. The summed E-state index contributed by atoms with van der Waals surface area (Å²) in [5.41, 5.74) is 4.60. The second kappa shape index (κ2) is 6.57. The molecule has 0 N–H and O–H groups in total. The number of hydrogen-bond donors (Lipinski definition) is 0. The molecule has 0 radical (unpaired) electrons. The van der Waals surface area contributed by atoms with Gasteiger partial charge in [-0.05, 0) is 42.3 Å². The van der Waals surface area contributed by atoms with Crippen LogP contribution in [-0.2, 0) is 17.6 Å². The monoisotopic (exact) mass is 306 g/mol. The zero-order chi connectivity index (χ0) is 16.2. The molecule has 0 spiro atoms. The largest absolute Gasteiger partial charge is 0.465 e. The van der Waals surface area contributed by atoms with Crippen LogP contribution in [0.25, 0.3) is 10.9 Å². The summed E-state index contributed by atoms with van der Waals surface area (Å²) in [5, 5.41) is 1.11. The summed E-state index contributed by atoms with van der Waals surface area (Å²) in [4.78, 5) is 20.5. The van der Waals surface area contributed by atoms with Gasteiger partial charge >= 0.3 is 5.97 Å². The Labute approximate surface area is 135 Å². The number of carbonyl (C=O) groups is 1. The van der Waals surface area contributed by atoms with Gasteiger partial charge in [0.1, 0.15) is 0 Å². The maximum absolute atomic E-state index is 11.6. The lowest BCUT2D eigenvalue weighted by Crippen LogP contribution is -2.03. The zero-order valence-electron chi connectivity index (χ0n) is 13.2. The number of benzene rings is 1. The van der Waals surface area contributed by atoms with Crippen molar-refractivity contribution in [3.63, 3.8) is 0 Å². The minimum atomic E-state index is -0.344. The minimum Gasteiger partial charge on any atom is -0.465 e. The van der Waals surface area contributed by atoms with Gasteiger partial charge < -0.3 is 4.74 Å². The first kappa shape index (κ1) is 15.2. The molecule has 116 valence electrons. The molecule has 23 heavy (non-hydrogen) atoms. The smallest absolute Gasteiger partial charge is 0.337 e. The average Bonchev–Trinajstić information content (AvgIpc) is 2.60. The lowest BCUT2D eigenvalue weighted by Gasteiger charge is -2.06. The van der Waals surface area contributed by atoms with Gasteiger partial charge in [-0.3, -0.25) is 9.97 Å². The summed E-state index contributed by atoms with van der Waals surface area (Å²) in [6.45, 7) is 2.10. The van der Waals surface area contributed by atoms with Crippen LogP contribution in [0.15, 0.2) is 48.7 Å². The number of esters is 1. The van der Waals surface area contributed by atoms with Gasteiger partial charge in [0.25, 0.3) is 0 Å². The number of methoxy groups -OCH3 is 1. The second-order valence-corrected chi connectivity index (χ2v) is 5.39. The molecule has 0 atom stereocenters. The van der Waals surface area contributed by atoms with Crippen LogP contribution >= 0.6 is 0 Å². The van der Waals surface area contributed by atoms with Crippen LogP contribution in [0, 0.1) is 0 Å². The highest BCUT2D eigenvalue weighted by Crippen LogP contribution is 2.17. The predicted molar refractivity (Wildman–Crippen MR) is 89.5 cm³/mol. The molecule has 0 aliphatic rings. The molecule has 0 unspecified atom stereocenters. The molecule has 4 heteroatoms. The quantitative estimate of drug-likeness (QED) is 0.691. The maximum atomic E-state index is 11.6. The van der Waals surface area contributed by atoms with Crippen molar-refractivity contribution in [2.45, 2.75) is 19.8 Å². The van der Waals surface area contributed by atoms with Crippen molar-refractivity contribution < 1.29 is 9.53 Å². The Kier molecular flexibility index (Phi) is 4.33. The lowest BCUT2D eigenvalue weighted by atomic mass is 10.0. The molecule has 0 amide bonds. The molecule has 3 rings (SSSR count). The van der Waals surface area contributed by atoms with E-state index in [-0.39, 0.29) is 5.97 Å². The summed E-state index contributed by atoms with van der Waals surface area (Å²) in [7, 11) is 1.38. The minimum absolute atomic E-state index is 0.344. The van der Waals surface area contributed by atoms with E-state index in [1.807, 2.05) is 6.07 Å². The average molecular weight is 306 g/mol. The predicted octanol–water partition coefficient (Wildman–Crippen LogP) is 3.57. The van der Waals surface area contributed by atoms with Gasteiger partial charge in [0, 0.05) is 29.4 Å². The number of pyridine rings is 2. The highest BCUT2D eigenvalue weighted by Gasteiger charge is 2.07. The van der Waals surface area contributed by atoms with Crippen LogP contribution in [0.5, 0.6) is 0 Å². The van der Waals surface area contributed by atoms with Crippen molar-refractivity contribution in [1.82, 2.24) is 9.97 Å². The number of aromatic nitrogens is 2. The van der Waals surface area contributed by atoms with Crippen LogP contribution < -0.4 is 0 Å². The highest BCUT2D eigenvalue weighted by molar-refractivity contribution is 5.89. The molecule has 4 nitrogen and oxygen atoms in total. The third-order valence-electron chi connectivity index (χ3n) is 3.80. The molecule has 2 heterocycles. The van der Waals surface area contributed by atoms with Crippen molar-refractivity contribution >= 4 is 16.9 Å². The van der Waals surface area contributed by atoms with E-state index in [1.165, 1.54) is 7.11 Å². The van der Waals surface area contributed by atoms with E-state index in [1.54, 1.807) is 18.3 Å². The first-order valence-electron chi connectivity index (χ1n) is 7.61. The van der Waals surface area contributed by atoms with Crippen molar-refractivity contribution in [3.05, 3.63) is 71.2 Å². The maximum Gasteiger partial charge on any atom is 0.337 e. The fourth-order valence-corrected chi connectivity index (χ4v) is 2.55. The van der Waals surface area contributed by atoms with Crippen LogP contribution in [0.1, 0.15) is 34.2 Å². The van der Waals surface area contributed by atoms with Gasteiger partial charge in [0.15, 0.2) is 0 Å². The Morgan fingerprint density at radius 3 is 2.74 bits per heavy atom. The first-order valence-corrected chi connectivity index (χ1v) is 7.61. The molecule has 0 saturated heterocycles. The molecular formula is C19H18N2O2. The third kappa shape index (κ3) is 3.37. The van der Waals surface area contributed by atoms with Crippen molar-refractivity contribution in [2.75, 3.05) is 7.11 Å². The summed E-state index contributed by atoms with van der Waals surface area (Å²) in [6, 6.07) is 13.8. The Balaban J connectivity index is 1.88. The van der Waals surface area contributed by atoms with Crippen LogP contribution in [0.3, 0.4) is 0 Å². The van der Waals surface area contributed by atoms with Gasteiger partial charge in [0.2, 0.25) is 0 Å². The topological polar surface area (TPSA) is 52.1 Å². The second-order valence-electron chi connectivity index (χ2n) is 5.39. The summed E-state index contributed by atoms with van der Waals surface area (Å²) >= 11 is 0. The van der Waals surface area contributed by atoms with Crippen LogP contribution in [0.4, 0.5) is 0 Å². The van der Waals surface area contributed by atoms with Crippen molar-refractivity contribution in [1.29, 1.82) is 0 Å². The van der Waals surface area contributed by atoms with Gasteiger partial charge in [-0.2, -0.15) is 0 Å². The number of rotatable bonds is 4. The molecule has 0 saturated carbocycles. The van der Waals surface area contributed by atoms with Crippen molar-refractivity contribution in [2.24, 2.45) is 0 Å². The molecule has 0 bridgehead atoms. The summed E-state index contributed by atoms with van der Waals surface area (Å²) in [6.07, 6.45) is 3.23. The van der Waals surface area contributed by atoms with Crippen LogP contribution in [-0.4, -0.2) is 23.0 Å². The fraction of sp³-hybridized carbons (Fsp3) is 0.211. The van der Waals surface area contributed by atoms with E-state index in [2.05, 4.69) is 41.2 Å². The summed E-state index contributed by atoms with van der Waals surface area (Å²) in [5.74, 6) is -0.344. The number of nitrogens with zero attached hydrogens (tertiary/aromatic N) is 2.